The van der Waals surface area contributed by atoms with Crippen LogP contribution in [0.4, 0.5) is 0 Å². The Hall–Kier alpha value is -2.66. The summed E-state index contributed by atoms with van der Waals surface area (Å²) in [5.41, 5.74) is 2.96. The summed E-state index contributed by atoms with van der Waals surface area (Å²) in [6, 6.07) is 15.7. The van der Waals surface area contributed by atoms with Crippen LogP contribution < -0.4 is 16.0 Å². The Labute approximate surface area is 160 Å². The Morgan fingerprint density at radius 2 is 1.59 bits per heavy atom. The third-order valence-corrected chi connectivity index (χ3v) is 4.55. The molecule has 142 valence electrons. The van der Waals surface area contributed by atoms with E-state index in [1.807, 2.05) is 43.3 Å². The quantitative estimate of drug-likeness (QED) is 0.599. The molecule has 0 spiro atoms. The van der Waals surface area contributed by atoms with Gasteiger partial charge < -0.3 is 16.0 Å². The maximum atomic E-state index is 12.5. The van der Waals surface area contributed by atoms with Gasteiger partial charge in [-0.25, -0.2) is 0 Å². The third-order valence-electron chi connectivity index (χ3n) is 4.55. The van der Waals surface area contributed by atoms with E-state index in [1.54, 1.807) is 12.1 Å². The van der Waals surface area contributed by atoms with Crippen molar-refractivity contribution in [3.05, 3.63) is 70.8 Å². The molecule has 1 saturated carbocycles. The number of hydrogen-bond acceptors (Lipinski definition) is 3. The van der Waals surface area contributed by atoms with Gasteiger partial charge in [0.05, 0.1) is 0 Å². The molecular weight excluding hydrogens is 338 g/mol. The molecule has 0 radical (unpaired) electrons. The van der Waals surface area contributed by atoms with Crippen molar-refractivity contribution in [2.75, 3.05) is 13.1 Å². The van der Waals surface area contributed by atoms with Crippen molar-refractivity contribution in [2.24, 2.45) is 0 Å². The zero-order valence-corrected chi connectivity index (χ0v) is 15.8. The predicted molar refractivity (Wildman–Crippen MR) is 107 cm³/mol. The molecule has 0 unspecified atom stereocenters. The van der Waals surface area contributed by atoms with Gasteiger partial charge in [0.25, 0.3) is 11.8 Å². The first-order chi connectivity index (χ1) is 13.1. The number of hydrogen-bond donors (Lipinski definition) is 3. The van der Waals surface area contributed by atoms with Gasteiger partial charge in [-0.3, -0.25) is 9.59 Å². The molecule has 0 aliphatic heterocycles. The third kappa shape index (κ3) is 6.22. The fourth-order valence-electron chi connectivity index (χ4n) is 2.91. The number of amides is 2. The molecule has 0 aromatic heterocycles. The van der Waals surface area contributed by atoms with Crippen LogP contribution in [-0.2, 0) is 6.54 Å². The lowest BCUT2D eigenvalue weighted by molar-refractivity contribution is 0.0950. The molecule has 0 saturated heterocycles. The van der Waals surface area contributed by atoms with Gasteiger partial charge in [-0.1, -0.05) is 30.3 Å². The topological polar surface area (TPSA) is 70.2 Å². The summed E-state index contributed by atoms with van der Waals surface area (Å²) in [5, 5.41) is 9.27. The normalized spacial score (nSPS) is 13.2. The van der Waals surface area contributed by atoms with Crippen LogP contribution in [-0.4, -0.2) is 30.9 Å². The van der Waals surface area contributed by atoms with Crippen molar-refractivity contribution in [1.82, 2.24) is 16.0 Å². The smallest absolute Gasteiger partial charge is 0.251 e. The Kier molecular flexibility index (Phi) is 6.60. The number of benzene rings is 2. The van der Waals surface area contributed by atoms with Crippen LogP contribution in [0.25, 0.3) is 0 Å². The van der Waals surface area contributed by atoms with Crippen LogP contribution in [0.5, 0.6) is 0 Å². The van der Waals surface area contributed by atoms with E-state index in [-0.39, 0.29) is 11.8 Å². The zero-order chi connectivity index (χ0) is 19.1. The second-order valence-electron chi connectivity index (χ2n) is 7.09. The van der Waals surface area contributed by atoms with E-state index >= 15 is 0 Å². The molecule has 0 heterocycles. The zero-order valence-electron chi connectivity index (χ0n) is 15.8. The number of nitrogens with one attached hydrogen (secondary N) is 3. The molecule has 2 aromatic carbocycles. The summed E-state index contributed by atoms with van der Waals surface area (Å²) in [6.07, 6.45) is 3.44. The predicted octanol–water partition coefficient (Wildman–Crippen LogP) is 2.80. The average Bonchev–Trinajstić information content (AvgIpc) is 3.50. The van der Waals surface area contributed by atoms with Crippen LogP contribution in [0.1, 0.15) is 51.1 Å². The Balaban J connectivity index is 1.52. The van der Waals surface area contributed by atoms with Crippen LogP contribution in [0, 0.1) is 6.92 Å². The van der Waals surface area contributed by atoms with E-state index in [1.165, 1.54) is 12.8 Å². The molecule has 1 aliphatic carbocycles. The molecular formula is C22H27N3O2. The van der Waals surface area contributed by atoms with E-state index < -0.39 is 0 Å². The number of rotatable bonds is 9. The maximum Gasteiger partial charge on any atom is 0.251 e. The molecule has 5 heteroatoms. The minimum absolute atomic E-state index is 0.137. The van der Waals surface area contributed by atoms with Crippen molar-refractivity contribution >= 4 is 11.8 Å². The summed E-state index contributed by atoms with van der Waals surface area (Å²) in [6.45, 7) is 3.90. The van der Waals surface area contributed by atoms with Crippen LogP contribution in [0.2, 0.25) is 0 Å². The summed E-state index contributed by atoms with van der Waals surface area (Å²) in [5.74, 6) is -0.313. The lowest BCUT2D eigenvalue weighted by Crippen LogP contribution is -2.28. The van der Waals surface area contributed by atoms with E-state index in [4.69, 9.17) is 0 Å². The highest BCUT2D eigenvalue weighted by Gasteiger charge is 2.19. The van der Waals surface area contributed by atoms with Crippen molar-refractivity contribution in [3.8, 4) is 0 Å². The average molecular weight is 365 g/mol. The van der Waals surface area contributed by atoms with E-state index in [9.17, 15) is 9.59 Å². The van der Waals surface area contributed by atoms with Gasteiger partial charge in [-0.05, 0) is 62.1 Å². The summed E-state index contributed by atoms with van der Waals surface area (Å²) in [4.78, 5) is 24.9. The second-order valence-corrected chi connectivity index (χ2v) is 7.09. The Morgan fingerprint density at radius 3 is 2.26 bits per heavy atom. The van der Waals surface area contributed by atoms with Crippen LogP contribution in [0.3, 0.4) is 0 Å². The Morgan fingerprint density at radius 1 is 0.926 bits per heavy atom. The van der Waals surface area contributed by atoms with E-state index in [2.05, 4.69) is 16.0 Å². The first kappa shape index (κ1) is 19.1. The molecule has 0 atom stereocenters. The molecule has 2 aromatic rings. The SMILES string of the molecule is Cc1cc(C(=O)NCCCNC2CC2)cc(C(=O)NCc2ccccc2)c1. The summed E-state index contributed by atoms with van der Waals surface area (Å²) >= 11 is 0. The van der Waals surface area contributed by atoms with Gasteiger partial charge in [0.15, 0.2) is 0 Å². The standard InChI is InChI=1S/C22H27N3O2/c1-16-12-18(21(26)24-11-5-10-23-20-8-9-20)14-19(13-16)22(27)25-15-17-6-3-2-4-7-17/h2-4,6-7,12-14,20,23H,5,8-11,15H2,1H3,(H,24,26)(H,25,27). The van der Waals surface area contributed by atoms with Gasteiger partial charge in [-0.15, -0.1) is 0 Å². The molecule has 2 amide bonds. The summed E-state index contributed by atoms with van der Waals surface area (Å²) < 4.78 is 0. The lowest BCUT2D eigenvalue weighted by atomic mass is 10.0. The number of carbonyl (C=O) groups excluding carboxylic acids is 2. The van der Waals surface area contributed by atoms with Gasteiger partial charge in [-0.2, -0.15) is 0 Å². The van der Waals surface area contributed by atoms with Crippen molar-refractivity contribution < 1.29 is 9.59 Å². The summed E-state index contributed by atoms with van der Waals surface area (Å²) in [7, 11) is 0. The van der Waals surface area contributed by atoms with Crippen molar-refractivity contribution in [2.45, 2.75) is 38.8 Å². The molecule has 3 rings (SSSR count). The highest BCUT2D eigenvalue weighted by atomic mass is 16.2. The minimum atomic E-state index is -0.176. The number of aryl methyl sites for hydroxylation is 1. The monoisotopic (exact) mass is 365 g/mol. The molecule has 1 fully saturated rings. The number of carbonyl (C=O) groups is 2. The van der Waals surface area contributed by atoms with E-state index in [0.717, 1.165) is 24.1 Å². The van der Waals surface area contributed by atoms with Crippen LogP contribution >= 0.6 is 0 Å². The lowest BCUT2D eigenvalue weighted by Gasteiger charge is -2.10. The minimum Gasteiger partial charge on any atom is -0.352 e. The molecule has 5 nitrogen and oxygen atoms in total. The molecule has 0 bridgehead atoms. The highest BCUT2D eigenvalue weighted by Crippen LogP contribution is 2.18. The molecule has 1 aliphatic rings. The van der Waals surface area contributed by atoms with Gasteiger partial charge in [0, 0.05) is 30.3 Å². The van der Waals surface area contributed by atoms with Gasteiger partial charge in [0.2, 0.25) is 0 Å². The van der Waals surface area contributed by atoms with Crippen molar-refractivity contribution in [1.29, 1.82) is 0 Å². The first-order valence-electron chi connectivity index (χ1n) is 9.57. The Bertz CT molecular complexity index is 785. The van der Waals surface area contributed by atoms with Gasteiger partial charge in [0.1, 0.15) is 0 Å². The maximum absolute atomic E-state index is 12.5. The van der Waals surface area contributed by atoms with E-state index in [0.29, 0.717) is 30.3 Å². The fraction of sp³-hybridized carbons (Fsp3) is 0.364. The largest absolute Gasteiger partial charge is 0.352 e. The van der Waals surface area contributed by atoms with Gasteiger partial charge >= 0.3 is 0 Å². The van der Waals surface area contributed by atoms with Crippen LogP contribution in [0.15, 0.2) is 48.5 Å². The highest BCUT2D eigenvalue weighted by molar-refractivity contribution is 6.00. The van der Waals surface area contributed by atoms with Crippen molar-refractivity contribution in [3.63, 3.8) is 0 Å². The second kappa shape index (κ2) is 9.33. The molecule has 27 heavy (non-hydrogen) atoms. The first-order valence-corrected chi connectivity index (χ1v) is 9.57. The fourth-order valence-corrected chi connectivity index (χ4v) is 2.91. The molecule has 3 N–H and O–H groups in total.